The molecule has 0 spiro atoms. The van der Waals surface area contributed by atoms with Crippen molar-refractivity contribution in [1.82, 2.24) is 4.98 Å². The summed E-state index contributed by atoms with van der Waals surface area (Å²) in [5.41, 5.74) is 5.46. The maximum atomic E-state index is 12.3. The number of carbonyl (C=O) groups excluding carboxylic acids is 1. The van der Waals surface area contributed by atoms with Crippen LogP contribution < -0.4 is 5.32 Å². The van der Waals surface area contributed by atoms with Crippen LogP contribution in [0.4, 0.5) is 5.13 Å². The van der Waals surface area contributed by atoms with E-state index in [1.165, 1.54) is 35.3 Å². The molecule has 1 aliphatic carbocycles. The predicted molar refractivity (Wildman–Crippen MR) is 95.7 cm³/mol. The molecule has 4 rings (SSSR count). The van der Waals surface area contributed by atoms with Gasteiger partial charge in [-0.25, -0.2) is 4.98 Å². The molecule has 0 unspecified atom stereocenters. The van der Waals surface area contributed by atoms with Gasteiger partial charge in [0.2, 0.25) is 0 Å². The van der Waals surface area contributed by atoms with Gasteiger partial charge in [0.15, 0.2) is 5.13 Å². The number of nitrogens with zero attached hydrogens (tertiary/aromatic N) is 1. The van der Waals surface area contributed by atoms with E-state index in [2.05, 4.69) is 28.5 Å². The van der Waals surface area contributed by atoms with Gasteiger partial charge in [-0.1, -0.05) is 12.1 Å². The summed E-state index contributed by atoms with van der Waals surface area (Å²) < 4.78 is 5.41. The van der Waals surface area contributed by atoms with E-state index in [4.69, 9.17) is 4.42 Å². The minimum absolute atomic E-state index is 0.181. The number of aryl methyl sites for hydroxylation is 4. The minimum Gasteiger partial charge on any atom is -0.466 e. The van der Waals surface area contributed by atoms with Crippen LogP contribution in [0.1, 0.15) is 39.4 Å². The summed E-state index contributed by atoms with van der Waals surface area (Å²) >= 11 is 1.44. The molecule has 0 radical (unpaired) electrons. The van der Waals surface area contributed by atoms with E-state index in [0.29, 0.717) is 16.5 Å². The molecule has 0 saturated heterocycles. The number of aromatic nitrogens is 1. The van der Waals surface area contributed by atoms with E-state index in [9.17, 15) is 4.79 Å². The van der Waals surface area contributed by atoms with Crippen molar-refractivity contribution in [1.29, 1.82) is 0 Å². The zero-order valence-corrected chi connectivity index (χ0v) is 14.5. The summed E-state index contributed by atoms with van der Waals surface area (Å²) in [6, 6.07) is 8.30. The van der Waals surface area contributed by atoms with E-state index in [-0.39, 0.29) is 5.91 Å². The molecule has 0 bridgehead atoms. The number of hydrogen-bond acceptors (Lipinski definition) is 4. The number of furan rings is 1. The van der Waals surface area contributed by atoms with Gasteiger partial charge in [0.25, 0.3) is 5.91 Å². The number of amides is 1. The van der Waals surface area contributed by atoms with Gasteiger partial charge in [-0.2, -0.15) is 0 Å². The summed E-state index contributed by atoms with van der Waals surface area (Å²) in [6.07, 6.45) is 3.56. The van der Waals surface area contributed by atoms with Gasteiger partial charge in [0.1, 0.15) is 11.5 Å². The van der Waals surface area contributed by atoms with Crippen molar-refractivity contribution in [2.45, 2.75) is 33.1 Å². The third-order valence-corrected chi connectivity index (χ3v) is 5.16. The van der Waals surface area contributed by atoms with Gasteiger partial charge in [0.05, 0.1) is 11.3 Å². The van der Waals surface area contributed by atoms with Gasteiger partial charge < -0.3 is 4.42 Å². The highest BCUT2D eigenvalue weighted by atomic mass is 32.1. The summed E-state index contributed by atoms with van der Waals surface area (Å²) in [7, 11) is 0. The Morgan fingerprint density at radius 1 is 1.21 bits per heavy atom. The number of rotatable bonds is 3. The lowest BCUT2D eigenvalue weighted by Gasteiger charge is -2.02. The third kappa shape index (κ3) is 2.76. The molecule has 3 aromatic rings. The Bertz CT molecular complexity index is 923. The zero-order chi connectivity index (χ0) is 16.7. The number of benzene rings is 1. The quantitative estimate of drug-likeness (QED) is 0.749. The van der Waals surface area contributed by atoms with Gasteiger partial charge in [-0.15, -0.1) is 11.3 Å². The smallest absolute Gasteiger partial charge is 0.260 e. The fraction of sp³-hybridized carbons (Fsp3) is 0.263. The molecule has 0 atom stereocenters. The Morgan fingerprint density at radius 2 is 2.04 bits per heavy atom. The van der Waals surface area contributed by atoms with Gasteiger partial charge >= 0.3 is 0 Å². The summed E-state index contributed by atoms with van der Waals surface area (Å²) in [4.78, 5) is 16.9. The van der Waals surface area contributed by atoms with Crippen LogP contribution in [-0.4, -0.2) is 10.9 Å². The summed E-state index contributed by atoms with van der Waals surface area (Å²) in [6.45, 7) is 3.62. The number of hydrogen-bond donors (Lipinski definition) is 1. The molecule has 1 amide bonds. The number of thiazole rings is 1. The normalized spacial score (nSPS) is 13.1. The predicted octanol–water partition coefficient (Wildman–Crippen LogP) is 4.76. The van der Waals surface area contributed by atoms with Crippen molar-refractivity contribution < 1.29 is 9.21 Å². The molecule has 2 aromatic heterocycles. The van der Waals surface area contributed by atoms with Crippen LogP contribution in [-0.2, 0) is 12.8 Å². The SMILES string of the molecule is Cc1cc(C(=O)Nc2nc(-c3ccc4c(c3)CCC4)cs2)c(C)o1. The first-order valence-electron chi connectivity index (χ1n) is 8.06. The van der Waals surface area contributed by atoms with Gasteiger partial charge in [-0.05, 0) is 56.4 Å². The molecule has 4 nitrogen and oxygen atoms in total. The fourth-order valence-corrected chi connectivity index (χ4v) is 3.93. The van der Waals surface area contributed by atoms with Crippen molar-refractivity contribution in [3.63, 3.8) is 0 Å². The van der Waals surface area contributed by atoms with Crippen LogP contribution in [0.15, 0.2) is 34.1 Å². The van der Waals surface area contributed by atoms with Crippen molar-refractivity contribution >= 4 is 22.4 Å². The van der Waals surface area contributed by atoms with Crippen LogP contribution in [0.2, 0.25) is 0 Å². The largest absolute Gasteiger partial charge is 0.466 e. The second-order valence-electron chi connectivity index (χ2n) is 6.16. The highest BCUT2D eigenvalue weighted by Gasteiger charge is 2.16. The molecule has 24 heavy (non-hydrogen) atoms. The number of fused-ring (bicyclic) bond motifs is 1. The van der Waals surface area contributed by atoms with E-state index in [1.54, 1.807) is 13.0 Å². The Labute approximate surface area is 144 Å². The Kier molecular flexibility index (Phi) is 3.73. The van der Waals surface area contributed by atoms with Crippen LogP contribution in [0.5, 0.6) is 0 Å². The highest BCUT2D eigenvalue weighted by molar-refractivity contribution is 7.14. The van der Waals surface area contributed by atoms with Crippen LogP contribution in [0.25, 0.3) is 11.3 Å². The number of anilines is 1. The second-order valence-corrected chi connectivity index (χ2v) is 7.01. The Morgan fingerprint density at radius 3 is 2.83 bits per heavy atom. The Balaban J connectivity index is 1.55. The average Bonchev–Trinajstić information content (AvgIpc) is 3.26. The molecule has 0 saturated carbocycles. The topological polar surface area (TPSA) is 55.1 Å². The molecule has 122 valence electrons. The molecule has 2 heterocycles. The molecule has 1 aliphatic rings. The first-order valence-corrected chi connectivity index (χ1v) is 8.94. The van der Waals surface area contributed by atoms with Crippen LogP contribution >= 0.6 is 11.3 Å². The zero-order valence-electron chi connectivity index (χ0n) is 13.7. The second kappa shape index (κ2) is 5.91. The van der Waals surface area contributed by atoms with Gasteiger partial charge in [-0.3, -0.25) is 10.1 Å². The van der Waals surface area contributed by atoms with Gasteiger partial charge in [0, 0.05) is 10.9 Å². The minimum atomic E-state index is -0.181. The van der Waals surface area contributed by atoms with Crippen molar-refractivity contribution in [2.75, 3.05) is 5.32 Å². The molecule has 0 fully saturated rings. The Hall–Kier alpha value is -2.40. The lowest BCUT2D eigenvalue weighted by atomic mass is 10.1. The molecule has 1 N–H and O–H groups in total. The van der Waals surface area contributed by atoms with E-state index < -0.39 is 0 Å². The standard InChI is InChI=1S/C19H18N2O2S/c1-11-8-16(12(2)23-11)18(22)21-19-20-17(10-24-19)15-7-6-13-4-3-5-14(13)9-15/h6-10H,3-5H2,1-2H3,(H,20,21,22). The maximum Gasteiger partial charge on any atom is 0.260 e. The van der Waals surface area contributed by atoms with Crippen molar-refractivity contribution in [2.24, 2.45) is 0 Å². The first kappa shape index (κ1) is 15.1. The molecule has 1 aromatic carbocycles. The lowest BCUT2D eigenvalue weighted by Crippen LogP contribution is -2.11. The molecular weight excluding hydrogens is 320 g/mol. The van der Waals surface area contributed by atoms with Crippen LogP contribution in [0.3, 0.4) is 0 Å². The summed E-state index contributed by atoms with van der Waals surface area (Å²) in [5, 5.41) is 5.45. The van der Waals surface area contributed by atoms with Crippen molar-refractivity contribution in [3.8, 4) is 11.3 Å². The average molecular weight is 338 g/mol. The monoisotopic (exact) mass is 338 g/mol. The maximum absolute atomic E-state index is 12.3. The van der Waals surface area contributed by atoms with E-state index in [1.807, 2.05) is 12.3 Å². The summed E-state index contributed by atoms with van der Waals surface area (Å²) in [5.74, 6) is 1.18. The van der Waals surface area contributed by atoms with E-state index >= 15 is 0 Å². The third-order valence-electron chi connectivity index (χ3n) is 4.40. The van der Waals surface area contributed by atoms with Crippen LogP contribution in [0, 0.1) is 13.8 Å². The van der Waals surface area contributed by atoms with Crippen molar-refractivity contribution in [3.05, 3.63) is 57.9 Å². The molecular formula is C19H18N2O2S. The molecule has 0 aliphatic heterocycles. The van der Waals surface area contributed by atoms with E-state index in [0.717, 1.165) is 23.4 Å². The fourth-order valence-electron chi connectivity index (χ4n) is 3.22. The lowest BCUT2D eigenvalue weighted by molar-refractivity contribution is 0.102. The first-order chi connectivity index (χ1) is 11.6. The highest BCUT2D eigenvalue weighted by Crippen LogP contribution is 2.30. The molecule has 5 heteroatoms. The number of nitrogens with one attached hydrogen (secondary N) is 1. The number of carbonyl (C=O) groups is 1.